The Labute approximate surface area is 96.1 Å². The lowest BCUT2D eigenvalue weighted by atomic mass is 10.2. The molecule has 6 nitrogen and oxygen atoms in total. The highest BCUT2D eigenvalue weighted by atomic mass is 16.5. The molecular formula is C11H9N3O3. The van der Waals surface area contributed by atoms with E-state index in [0.717, 1.165) is 5.39 Å². The van der Waals surface area contributed by atoms with E-state index in [1.165, 1.54) is 6.07 Å². The second-order valence-electron chi connectivity index (χ2n) is 3.26. The summed E-state index contributed by atoms with van der Waals surface area (Å²) in [6, 6.07) is 8.24. The minimum Gasteiger partial charge on any atom is -0.493 e. The zero-order valence-corrected chi connectivity index (χ0v) is 8.87. The fourth-order valence-electron chi connectivity index (χ4n) is 1.38. The van der Waals surface area contributed by atoms with E-state index in [0.29, 0.717) is 11.3 Å². The molecule has 2 rings (SSSR count). The summed E-state index contributed by atoms with van der Waals surface area (Å²) in [5.41, 5.74) is 8.16. The lowest BCUT2D eigenvalue weighted by molar-refractivity contribution is 0.328. The van der Waals surface area contributed by atoms with Gasteiger partial charge in [-0.3, -0.25) is 0 Å². The van der Waals surface area contributed by atoms with Crippen molar-refractivity contribution >= 4 is 11.0 Å². The van der Waals surface area contributed by atoms with Crippen molar-refractivity contribution < 1.29 is 9.15 Å². The first-order chi connectivity index (χ1) is 8.29. The molecule has 0 amide bonds. The SMILES string of the molecule is [N-]=[N+]=NCCOc1ccc2ccc(=O)oc2c1. The maximum Gasteiger partial charge on any atom is 0.336 e. The largest absolute Gasteiger partial charge is 0.493 e. The summed E-state index contributed by atoms with van der Waals surface area (Å²) in [4.78, 5) is 13.6. The van der Waals surface area contributed by atoms with E-state index < -0.39 is 5.63 Å². The molecule has 86 valence electrons. The first kappa shape index (κ1) is 11.0. The van der Waals surface area contributed by atoms with Gasteiger partial charge < -0.3 is 9.15 Å². The van der Waals surface area contributed by atoms with Crippen LogP contribution in [0.1, 0.15) is 0 Å². The third-order valence-corrected chi connectivity index (χ3v) is 2.12. The molecule has 0 saturated heterocycles. The Balaban J connectivity index is 2.19. The van der Waals surface area contributed by atoms with Gasteiger partial charge in [0.2, 0.25) is 0 Å². The van der Waals surface area contributed by atoms with E-state index in [-0.39, 0.29) is 13.2 Å². The minimum absolute atomic E-state index is 0.257. The minimum atomic E-state index is -0.399. The van der Waals surface area contributed by atoms with Gasteiger partial charge >= 0.3 is 5.63 Å². The molecule has 0 fully saturated rings. The third kappa shape index (κ3) is 2.76. The van der Waals surface area contributed by atoms with Crippen LogP contribution in [-0.4, -0.2) is 13.2 Å². The number of benzene rings is 1. The Morgan fingerprint density at radius 2 is 2.18 bits per heavy atom. The quantitative estimate of drug-likeness (QED) is 0.266. The first-order valence-corrected chi connectivity index (χ1v) is 4.97. The Bertz CT molecular complexity index is 629. The van der Waals surface area contributed by atoms with Crippen LogP contribution in [0.5, 0.6) is 5.75 Å². The van der Waals surface area contributed by atoms with Gasteiger partial charge in [-0.15, -0.1) is 0 Å². The third-order valence-electron chi connectivity index (χ3n) is 2.12. The van der Waals surface area contributed by atoms with Gasteiger partial charge in [0.1, 0.15) is 11.3 Å². The molecule has 0 saturated carbocycles. The highest BCUT2D eigenvalue weighted by Crippen LogP contribution is 2.19. The molecule has 0 spiro atoms. The fraction of sp³-hybridized carbons (Fsp3) is 0.182. The van der Waals surface area contributed by atoms with Gasteiger partial charge in [-0.2, -0.15) is 0 Å². The summed E-state index contributed by atoms with van der Waals surface area (Å²) in [6.45, 7) is 0.542. The molecule has 0 atom stereocenters. The van der Waals surface area contributed by atoms with Crippen LogP contribution >= 0.6 is 0 Å². The number of hydrogen-bond acceptors (Lipinski definition) is 4. The number of hydrogen-bond donors (Lipinski definition) is 0. The van der Waals surface area contributed by atoms with E-state index in [2.05, 4.69) is 10.0 Å². The molecule has 0 radical (unpaired) electrons. The van der Waals surface area contributed by atoms with E-state index in [1.54, 1.807) is 24.3 Å². The molecule has 1 aromatic heterocycles. The average molecular weight is 231 g/mol. The summed E-state index contributed by atoms with van der Waals surface area (Å²) >= 11 is 0. The van der Waals surface area contributed by atoms with Crippen molar-refractivity contribution in [2.75, 3.05) is 13.2 Å². The lowest BCUT2D eigenvalue weighted by Gasteiger charge is -2.04. The number of azide groups is 1. The molecule has 0 aliphatic rings. The molecule has 0 N–H and O–H groups in total. The van der Waals surface area contributed by atoms with Gasteiger partial charge in [0.05, 0.1) is 13.2 Å². The molecule has 17 heavy (non-hydrogen) atoms. The maximum atomic E-state index is 11.0. The Hall–Kier alpha value is -2.46. The van der Waals surface area contributed by atoms with Gasteiger partial charge in [0.25, 0.3) is 0 Å². The predicted molar refractivity (Wildman–Crippen MR) is 62.0 cm³/mol. The summed E-state index contributed by atoms with van der Waals surface area (Å²) in [7, 11) is 0. The van der Waals surface area contributed by atoms with E-state index in [1.807, 2.05) is 0 Å². The first-order valence-electron chi connectivity index (χ1n) is 4.97. The fourth-order valence-corrected chi connectivity index (χ4v) is 1.38. The average Bonchev–Trinajstić information content (AvgIpc) is 2.34. The highest BCUT2D eigenvalue weighted by Gasteiger charge is 1.99. The van der Waals surface area contributed by atoms with Gasteiger partial charge in [0, 0.05) is 22.4 Å². The van der Waals surface area contributed by atoms with E-state index in [4.69, 9.17) is 14.7 Å². The molecule has 1 heterocycles. The number of fused-ring (bicyclic) bond motifs is 1. The zero-order valence-electron chi connectivity index (χ0n) is 8.87. The number of ether oxygens (including phenoxy) is 1. The van der Waals surface area contributed by atoms with Crippen LogP contribution in [0, 0.1) is 0 Å². The second kappa shape index (κ2) is 5.05. The van der Waals surface area contributed by atoms with Crippen molar-refractivity contribution in [2.45, 2.75) is 0 Å². The Morgan fingerprint density at radius 1 is 1.35 bits per heavy atom. The highest BCUT2D eigenvalue weighted by molar-refractivity contribution is 5.77. The smallest absolute Gasteiger partial charge is 0.336 e. The zero-order chi connectivity index (χ0) is 12.1. The van der Waals surface area contributed by atoms with Crippen LogP contribution in [-0.2, 0) is 0 Å². The number of nitrogens with zero attached hydrogens (tertiary/aromatic N) is 3. The van der Waals surface area contributed by atoms with Crippen LogP contribution in [0.25, 0.3) is 21.4 Å². The van der Waals surface area contributed by atoms with Gasteiger partial charge in [-0.05, 0) is 23.7 Å². The molecule has 6 heteroatoms. The van der Waals surface area contributed by atoms with Gasteiger partial charge in [-0.25, -0.2) is 4.79 Å². The molecule has 0 bridgehead atoms. The monoisotopic (exact) mass is 231 g/mol. The molecule has 1 aromatic carbocycles. The molecule has 0 aliphatic heterocycles. The number of rotatable bonds is 4. The predicted octanol–water partition coefficient (Wildman–Crippen LogP) is 2.48. The van der Waals surface area contributed by atoms with Crippen LogP contribution in [0.3, 0.4) is 0 Å². The van der Waals surface area contributed by atoms with Crippen molar-refractivity contribution in [1.82, 2.24) is 0 Å². The summed E-state index contributed by atoms with van der Waals surface area (Å²) < 4.78 is 10.3. The van der Waals surface area contributed by atoms with Crippen LogP contribution in [0.4, 0.5) is 0 Å². The summed E-state index contributed by atoms with van der Waals surface area (Å²) in [5, 5.41) is 4.17. The second-order valence-corrected chi connectivity index (χ2v) is 3.26. The maximum absolute atomic E-state index is 11.0. The molecule has 0 unspecified atom stereocenters. The lowest BCUT2D eigenvalue weighted by Crippen LogP contribution is -2.00. The van der Waals surface area contributed by atoms with Crippen molar-refractivity contribution in [3.05, 3.63) is 51.2 Å². The van der Waals surface area contributed by atoms with Crippen molar-refractivity contribution in [1.29, 1.82) is 0 Å². The normalized spacial score (nSPS) is 9.88. The van der Waals surface area contributed by atoms with Crippen LogP contribution in [0.15, 0.2) is 44.7 Å². The molecule has 0 aliphatic carbocycles. The van der Waals surface area contributed by atoms with E-state index >= 15 is 0 Å². The van der Waals surface area contributed by atoms with Gasteiger partial charge in [0.15, 0.2) is 0 Å². The molecular weight excluding hydrogens is 222 g/mol. The standard InChI is InChI=1S/C11H9N3O3/c12-14-13-5-6-16-9-3-1-8-2-4-11(15)17-10(8)7-9/h1-4,7H,5-6H2. The van der Waals surface area contributed by atoms with Crippen LogP contribution < -0.4 is 10.4 Å². The van der Waals surface area contributed by atoms with Crippen molar-refractivity contribution in [3.63, 3.8) is 0 Å². The Kier molecular flexibility index (Phi) is 3.28. The topological polar surface area (TPSA) is 88.2 Å². The summed E-state index contributed by atoms with van der Waals surface area (Å²) in [6.07, 6.45) is 0. The summed E-state index contributed by atoms with van der Waals surface area (Å²) in [5.74, 6) is 0.569. The molecule has 2 aromatic rings. The Morgan fingerprint density at radius 3 is 3.00 bits per heavy atom. The van der Waals surface area contributed by atoms with Crippen LogP contribution in [0.2, 0.25) is 0 Å². The van der Waals surface area contributed by atoms with Gasteiger partial charge in [-0.1, -0.05) is 5.11 Å². The van der Waals surface area contributed by atoms with Crippen molar-refractivity contribution in [2.24, 2.45) is 5.11 Å². The van der Waals surface area contributed by atoms with Crippen molar-refractivity contribution in [3.8, 4) is 5.75 Å². The van der Waals surface area contributed by atoms with E-state index in [9.17, 15) is 4.79 Å².